The van der Waals surface area contributed by atoms with Crippen molar-refractivity contribution in [3.05, 3.63) is 65.9 Å². The van der Waals surface area contributed by atoms with Gasteiger partial charge in [0.1, 0.15) is 11.4 Å². The van der Waals surface area contributed by atoms with Crippen LogP contribution in [0.25, 0.3) is 16.9 Å². The second-order valence-corrected chi connectivity index (χ2v) is 7.09. The predicted molar refractivity (Wildman–Crippen MR) is 105 cm³/mol. The molecule has 0 aliphatic rings. The van der Waals surface area contributed by atoms with Crippen molar-refractivity contribution in [1.82, 2.24) is 9.78 Å². The molecule has 0 saturated carbocycles. The number of methoxy groups -OCH3 is 1. The number of alkyl halides is 2. The van der Waals surface area contributed by atoms with Gasteiger partial charge in [-0.2, -0.15) is 5.10 Å². The van der Waals surface area contributed by atoms with Gasteiger partial charge in [-0.05, 0) is 50.6 Å². The summed E-state index contributed by atoms with van der Waals surface area (Å²) in [6.45, 7) is 3.53. The highest BCUT2D eigenvalue weighted by molar-refractivity contribution is 5.63. The van der Waals surface area contributed by atoms with E-state index in [9.17, 15) is 13.9 Å². The van der Waals surface area contributed by atoms with E-state index in [0.29, 0.717) is 5.69 Å². The van der Waals surface area contributed by atoms with Crippen molar-refractivity contribution in [3.8, 4) is 22.7 Å². The lowest BCUT2D eigenvalue weighted by atomic mass is 9.95. The van der Waals surface area contributed by atoms with E-state index in [0.717, 1.165) is 28.3 Å². The number of hydrogen-bond donors (Lipinski definition) is 1. The standard InChI is InChI=1S/C22H24F2N2O2/c1-15-4-6-16(7-5-15)19-14-20(22(2,27)13-12-21(23)24)25-26(19)17-8-10-18(28-3)11-9-17/h4-11,14,21,27H,12-13H2,1-3H3. The molecule has 3 rings (SSSR count). The topological polar surface area (TPSA) is 47.3 Å². The highest BCUT2D eigenvalue weighted by Crippen LogP contribution is 2.32. The number of ether oxygens (including phenoxy) is 1. The zero-order valence-electron chi connectivity index (χ0n) is 16.2. The minimum absolute atomic E-state index is 0.0718. The van der Waals surface area contributed by atoms with Crippen LogP contribution in [0.2, 0.25) is 0 Å². The van der Waals surface area contributed by atoms with Gasteiger partial charge in [0.15, 0.2) is 0 Å². The lowest BCUT2D eigenvalue weighted by Gasteiger charge is -2.20. The number of aryl methyl sites for hydroxylation is 1. The lowest BCUT2D eigenvalue weighted by molar-refractivity contribution is 0.0186. The van der Waals surface area contributed by atoms with E-state index < -0.39 is 12.0 Å². The molecule has 1 atom stereocenters. The molecule has 0 spiro atoms. The van der Waals surface area contributed by atoms with E-state index in [-0.39, 0.29) is 12.8 Å². The molecular weight excluding hydrogens is 362 g/mol. The van der Waals surface area contributed by atoms with Crippen LogP contribution >= 0.6 is 0 Å². The molecule has 0 bridgehead atoms. The molecule has 6 heteroatoms. The van der Waals surface area contributed by atoms with Gasteiger partial charge in [-0.1, -0.05) is 29.8 Å². The smallest absolute Gasteiger partial charge is 0.238 e. The average molecular weight is 386 g/mol. The number of aliphatic hydroxyl groups is 1. The molecule has 2 aromatic carbocycles. The van der Waals surface area contributed by atoms with Gasteiger partial charge in [0.05, 0.1) is 24.2 Å². The molecule has 0 aliphatic heterocycles. The van der Waals surface area contributed by atoms with Crippen LogP contribution in [0.4, 0.5) is 8.78 Å². The summed E-state index contributed by atoms with van der Waals surface area (Å²) in [6.07, 6.45) is -2.92. The zero-order valence-corrected chi connectivity index (χ0v) is 16.2. The Kier molecular flexibility index (Phi) is 5.79. The van der Waals surface area contributed by atoms with Crippen molar-refractivity contribution >= 4 is 0 Å². The molecule has 3 aromatic rings. The van der Waals surface area contributed by atoms with Crippen molar-refractivity contribution in [2.24, 2.45) is 0 Å². The summed E-state index contributed by atoms with van der Waals surface area (Å²) in [5, 5.41) is 15.3. The molecular formula is C22H24F2N2O2. The number of aromatic nitrogens is 2. The minimum atomic E-state index is -2.47. The third kappa shape index (κ3) is 4.39. The van der Waals surface area contributed by atoms with Gasteiger partial charge in [0.25, 0.3) is 0 Å². The van der Waals surface area contributed by atoms with Gasteiger partial charge in [0, 0.05) is 12.0 Å². The van der Waals surface area contributed by atoms with Crippen LogP contribution in [0.15, 0.2) is 54.6 Å². The molecule has 0 radical (unpaired) electrons. The molecule has 0 fully saturated rings. The maximum atomic E-state index is 12.7. The fraction of sp³-hybridized carbons (Fsp3) is 0.318. The molecule has 148 valence electrons. The Labute approximate surface area is 163 Å². The highest BCUT2D eigenvalue weighted by Gasteiger charge is 2.29. The van der Waals surface area contributed by atoms with Crippen LogP contribution in [-0.2, 0) is 5.60 Å². The second kappa shape index (κ2) is 8.10. The van der Waals surface area contributed by atoms with Gasteiger partial charge in [-0.3, -0.25) is 0 Å². The molecule has 1 aromatic heterocycles. The van der Waals surface area contributed by atoms with Crippen LogP contribution in [0.5, 0.6) is 5.75 Å². The Bertz CT molecular complexity index is 917. The Morgan fingerprint density at radius 1 is 1.11 bits per heavy atom. The fourth-order valence-electron chi connectivity index (χ4n) is 3.01. The molecule has 0 saturated heterocycles. The van der Waals surface area contributed by atoms with Gasteiger partial charge >= 0.3 is 0 Å². The number of nitrogens with zero attached hydrogens (tertiary/aromatic N) is 2. The van der Waals surface area contributed by atoms with Crippen LogP contribution in [-0.4, -0.2) is 28.4 Å². The number of hydrogen-bond acceptors (Lipinski definition) is 3. The molecule has 1 heterocycles. The van der Waals surface area contributed by atoms with Crippen molar-refractivity contribution in [1.29, 1.82) is 0 Å². The Balaban J connectivity index is 2.07. The van der Waals surface area contributed by atoms with Crippen LogP contribution in [0.3, 0.4) is 0 Å². The molecule has 1 unspecified atom stereocenters. The fourth-order valence-corrected chi connectivity index (χ4v) is 3.01. The second-order valence-electron chi connectivity index (χ2n) is 7.09. The van der Waals surface area contributed by atoms with E-state index in [1.54, 1.807) is 17.9 Å². The zero-order chi connectivity index (χ0) is 20.3. The summed E-state index contributed by atoms with van der Waals surface area (Å²) >= 11 is 0. The van der Waals surface area contributed by atoms with Crippen LogP contribution in [0.1, 0.15) is 31.0 Å². The average Bonchev–Trinajstić information content (AvgIpc) is 3.13. The van der Waals surface area contributed by atoms with E-state index in [1.165, 1.54) is 6.92 Å². The summed E-state index contributed by atoms with van der Waals surface area (Å²) in [7, 11) is 1.60. The Hall–Kier alpha value is -2.73. The first-order chi connectivity index (χ1) is 13.3. The lowest BCUT2D eigenvalue weighted by Crippen LogP contribution is -2.23. The monoisotopic (exact) mass is 386 g/mol. The van der Waals surface area contributed by atoms with Gasteiger partial charge in [-0.25, -0.2) is 13.5 Å². The third-order valence-corrected chi connectivity index (χ3v) is 4.77. The SMILES string of the molecule is COc1ccc(-n2nc(C(C)(O)CCC(F)F)cc2-c2ccc(C)cc2)cc1. The summed E-state index contributed by atoms with van der Waals surface area (Å²) in [5.41, 5.74) is 2.52. The molecule has 0 aliphatic carbocycles. The van der Waals surface area contributed by atoms with E-state index in [4.69, 9.17) is 4.74 Å². The van der Waals surface area contributed by atoms with Crippen molar-refractivity contribution in [2.45, 2.75) is 38.7 Å². The Morgan fingerprint density at radius 3 is 2.32 bits per heavy atom. The van der Waals surface area contributed by atoms with E-state index >= 15 is 0 Å². The quantitative estimate of drug-likeness (QED) is 0.614. The summed E-state index contributed by atoms with van der Waals surface area (Å²) in [4.78, 5) is 0. The molecule has 28 heavy (non-hydrogen) atoms. The molecule has 4 nitrogen and oxygen atoms in total. The first-order valence-corrected chi connectivity index (χ1v) is 9.13. The normalized spacial score (nSPS) is 13.5. The van der Waals surface area contributed by atoms with E-state index in [1.807, 2.05) is 55.5 Å². The number of halogens is 2. The van der Waals surface area contributed by atoms with E-state index in [2.05, 4.69) is 5.10 Å². The summed E-state index contributed by atoms with van der Waals surface area (Å²) in [5.74, 6) is 0.719. The largest absolute Gasteiger partial charge is 0.497 e. The number of benzene rings is 2. The van der Waals surface area contributed by atoms with Gasteiger partial charge in [0.2, 0.25) is 6.43 Å². The van der Waals surface area contributed by atoms with Crippen LogP contribution in [0, 0.1) is 6.92 Å². The predicted octanol–water partition coefficient (Wildman–Crippen LogP) is 5.11. The maximum absolute atomic E-state index is 12.7. The first kappa shape index (κ1) is 20.0. The molecule has 1 N–H and O–H groups in total. The van der Waals surface area contributed by atoms with Crippen LogP contribution < -0.4 is 4.74 Å². The van der Waals surface area contributed by atoms with Crippen molar-refractivity contribution in [3.63, 3.8) is 0 Å². The van der Waals surface area contributed by atoms with Gasteiger partial charge < -0.3 is 9.84 Å². The summed E-state index contributed by atoms with van der Waals surface area (Å²) < 4.78 is 32.2. The summed E-state index contributed by atoms with van der Waals surface area (Å²) in [6, 6.07) is 17.1. The third-order valence-electron chi connectivity index (χ3n) is 4.77. The first-order valence-electron chi connectivity index (χ1n) is 9.13. The Morgan fingerprint density at radius 2 is 1.75 bits per heavy atom. The van der Waals surface area contributed by atoms with Crippen molar-refractivity contribution < 1.29 is 18.6 Å². The van der Waals surface area contributed by atoms with Gasteiger partial charge in [-0.15, -0.1) is 0 Å². The minimum Gasteiger partial charge on any atom is -0.497 e. The maximum Gasteiger partial charge on any atom is 0.238 e. The number of rotatable bonds is 7. The highest BCUT2D eigenvalue weighted by atomic mass is 19.3. The molecule has 0 amide bonds. The van der Waals surface area contributed by atoms with Crippen molar-refractivity contribution in [2.75, 3.05) is 7.11 Å².